The number of hydrogen-bond donors (Lipinski definition) is 2. The molecule has 0 radical (unpaired) electrons. The Hall–Kier alpha value is -1.58. The second kappa shape index (κ2) is 9.35. The normalized spacial score (nSPS) is 23.1. The van der Waals surface area contributed by atoms with E-state index in [9.17, 15) is 14.7 Å². The molecule has 0 spiro atoms. The molecule has 7 heteroatoms. The maximum atomic E-state index is 13.9. The number of carbonyl (C=O) groups is 2. The van der Waals surface area contributed by atoms with Crippen molar-refractivity contribution in [2.45, 2.75) is 74.4 Å². The fourth-order valence-electron chi connectivity index (χ4n) is 4.35. The first-order chi connectivity index (χ1) is 15.2. The molecule has 4 rings (SSSR count). The van der Waals surface area contributed by atoms with E-state index in [0.29, 0.717) is 0 Å². The molecule has 2 aromatic rings. The minimum absolute atomic E-state index is 0.00223. The van der Waals surface area contributed by atoms with Gasteiger partial charge in [0, 0.05) is 20.5 Å². The van der Waals surface area contributed by atoms with Gasteiger partial charge in [-0.1, -0.05) is 29.8 Å². The van der Waals surface area contributed by atoms with Crippen molar-refractivity contribution in [3.63, 3.8) is 0 Å². The fraction of sp³-hybridized carbons (Fsp3) is 0.440. The lowest BCUT2D eigenvalue weighted by atomic mass is 9.90. The number of aliphatic hydroxyl groups excluding tert-OH is 1. The van der Waals surface area contributed by atoms with Crippen molar-refractivity contribution in [3.05, 3.63) is 62.7 Å². The molecule has 1 aliphatic heterocycles. The lowest BCUT2D eigenvalue weighted by molar-refractivity contribution is -0.130. The van der Waals surface area contributed by atoms with Crippen LogP contribution in [-0.4, -0.2) is 38.7 Å². The van der Waals surface area contributed by atoms with Crippen LogP contribution >= 0.6 is 34.4 Å². The highest BCUT2D eigenvalue weighted by Crippen LogP contribution is 2.54. The van der Waals surface area contributed by atoms with Gasteiger partial charge in [0.15, 0.2) is 0 Å². The van der Waals surface area contributed by atoms with Gasteiger partial charge < -0.3 is 15.3 Å². The minimum Gasteiger partial charge on any atom is -0.392 e. The Bertz CT molecular complexity index is 1020. The number of aliphatic hydroxyl groups is 1. The predicted molar refractivity (Wildman–Crippen MR) is 135 cm³/mol. The number of nitrogens with zero attached hydrogens (tertiary/aromatic N) is 1. The average molecular weight is 564 g/mol. The Labute approximate surface area is 207 Å². The molecule has 32 heavy (non-hydrogen) atoms. The molecule has 2 amide bonds. The lowest BCUT2D eigenvalue weighted by Gasteiger charge is -2.38. The monoisotopic (exact) mass is 564 g/mol. The molecule has 2 N–H and O–H groups in total. The Morgan fingerprint density at radius 3 is 2.50 bits per heavy atom. The summed E-state index contributed by atoms with van der Waals surface area (Å²) in [6.45, 7) is 6.01. The Morgan fingerprint density at radius 2 is 1.94 bits per heavy atom. The zero-order chi connectivity index (χ0) is 23.0. The van der Waals surface area contributed by atoms with E-state index in [2.05, 4.69) is 27.9 Å². The molecular weight excluding hydrogens is 535 g/mol. The van der Waals surface area contributed by atoms with E-state index in [1.165, 1.54) is 11.8 Å². The quantitative estimate of drug-likeness (QED) is 0.484. The van der Waals surface area contributed by atoms with E-state index in [0.717, 1.165) is 38.0 Å². The van der Waals surface area contributed by atoms with Gasteiger partial charge in [0.2, 0.25) is 11.8 Å². The summed E-state index contributed by atoms with van der Waals surface area (Å²) in [5.74, 6) is -0.0632. The molecule has 1 saturated carbocycles. The molecule has 5 nitrogen and oxygen atoms in total. The van der Waals surface area contributed by atoms with Gasteiger partial charge in [0.25, 0.3) is 0 Å². The number of rotatable bonds is 7. The third-order valence-electron chi connectivity index (χ3n) is 6.14. The molecule has 2 aromatic carbocycles. The summed E-state index contributed by atoms with van der Waals surface area (Å²) in [5.41, 5.74) is 2.92. The van der Waals surface area contributed by atoms with Crippen LogP contribution in [0.25, 0.3) is 0 Å². The smallest absolute Gasteiger partial charge is 0.239 e. The number of nitrogens with one attached hydrogen (secondary N) is 1. The van der Waals surface area contributed by atoms with Crippen molar-refractivity contribution in [2.75, 3.05) is 0 Å². The molecule has 2 aliphatic rings. The van der Waals surface area contributed by atoms with Crippen LogP contribution in [-0.2, 0) is 16.2 Å². The zero-order valence-corrected chi connectivity index (χ0v) is 21.6. The molecule has 170 valence electrons. The van der Waals surface area contributed by atoms with Crippen molar-refractivity contribution in [3.8, 4) is 0 Å². The standard InChI is InChI=1S/C25H29IN2O3S/c1-15(2)28-22(30)13-25(24(31)27-18-7-8-18,32-19-9-4-16(3)5-10-19)23(28)20-11-6-17(14-29)12-21(20)26/h4-6,9-12,15,18,23,29H,7-8,13-14H2,1-3H3,(H,27,31)/t23-,25-/m1/s1. The van der Waals surface area contributed by atoms with Crippen LogP contribution in [0.4, 0.5) is 0 Å². The summed E-state index contributed by atoms with van der Waals surface area (Å²) < 4.78 is -0.0209. The summed E-state index contributed by atoms with van der Waals surface area (Å²) in [5, 5.41) is 12.8. The van der Waals surface area contributed by atoms with Gasteiger partial charge >= 0.3 is 0 Å². The third-order valence-corrected chi connectivity index (χ3v) is 8.50. The van der Waals surface area contributed by atoms with Crippen molar-refractivity contribution in [2.24, 2.45) is 0 Å². The molecule has 0 bridgehead atoms. The summed E-state index contributed by atoms with van der Waals surface area (Å²) in [6.07, 6.45) is 2.14. The summed E-state index contributed by atoms with van der Waals surface area (Å²) in [6, 6.07) is 13.7. The molecule has 2 fully saturated rings. The summed E-state index contributed by atoms with van der Waals surface area (Å²) >= 11 is 3.77. The number of aryl methyl sites for hydroxylation is 1. The van der Waals surface area contributed by atoms with Gasteiger partial charge in [-0.3, -0.25) is 9.59 Å². The van der Waals surface area contributed by atoms with Crippen LogP contribution in [0, 0.1) is 10.5 Å². The molecular formula is C25H29IN2O3S. The molecule has 1 aliphatic carbocycles. The van der Waals surface area contributed by atoms with E-state index in [1.807, 2.05) is 68.1 Å². The van der Waals surface area contributed by atoms with Gasteiger partial charge in [0.05, 0.1) is 19.1 Å². The Kier molecular flexibility index (Phi) is 6.89. The highest BCUT2D eigenvalue weighted by molar-refractivity contribution is 14.1. The van der Waals surface area contributed by atoms with Crippen LogP contribution in [0.3, 0.4) is 0 Å². The number of benzene rings is 2. The summed E-state index contributed by atoms with van der Waals surface area (Å²) in [7, 11) is 0. The third kappa shape index (κ3) is 4.56. The van der Waals surface area contributed by atoms with Crippen LogP contribution in [0.2, 0.25) is 0 Å². The summed E-state index contributed by atoms with van der Waals surface area (Å²) in [4.78, 5) is 30.1. The highest BCUT2D eigenvalue weighted by atomic mass is 127. The van der Waals surface area contributed by atoms with Crippen molar-refractivity contribution >= 4 is 46.2 Å². The van der Waals surface area contributed by atoms with E-state index in [-0.39, 0.29) is 36.9 Å². The van der Waals surface area contributed by atoms with Crippen LogP contribution in [0.15, 0.2) is 47.4 Å². The number of halogens is 1. The topological polar surface area (TPSA) is 69.6 Å². The lowest BCUT2D eigenvalue weighted by Crippen LogP contribution is -2.50. The van der Waals surface area contributed by atoms with Crippen molar-refractivity contribution < 1.29 is 14.7 Å². The number of hydrogen-bond acceptors (Lipinski definition) is 4. The average Bonchev–Trinajstić information content (AvgIpc) is 3.51. The van der Waals surface area contributed by atoms with E-state index in [4.69, 9.17) is 0 Å². The first-order valence-electron chi connectivity index (χ1n) is 11.0. The van der Waals surface area contributed by atoms with Crippen LogP contribution in [0.1, 0.15) is 55.8 Å². The Balaban J connectivity index is 1.86. The number of amides is 2. The molecule has 1 saturated heterocycles. The first kappa shape index (κ1) is 23.6. The maximum Gasteiger partial charge on any atom is 0.239 e. The minimum atomic E-state index is -0.972. The number of carbonyl (C=O) groups excluding carboxylic acids is 2. The van der Waals surface area contributed by atoms with E-state index in [1.54, 1.807) is 0 Å². The van der Waals surface area contributed by atoms with E-state index >= 15 is 0 Å². The molecule has 0 aromatic heterocycles. The first-order valence-corrected chi connectivity index (χ1v) is 12.9. The van der Waals surface area contributed by atoms with Gasteiger partial charge in [0.1, 0.15) is 4.75 Å². The maximum absolute atomic E-state index is 13.9. The van der Waals surface area contributed by atoms with E-state index < -0.39 is 10.8 Å². The molecule has 1 heterocycles. The van der Waals surface area contributed by atoms with Gasteiger partial charge in [-0.15, -0.1) is 11.8 Å². The number of likely N-dealkylation sites (tertiary alicyclic amines) is 1. The SMILES string of the molecule is Cc1ccc(S[C@]2(C(=O)NC3CC3)CC(=O)N(C(C)C)[C@@H]2c2ccc(CO)cc2I)cc1. The van der Waals surface area contributed by atoms with Crippen molar-refractivity contribution in [1.82, 2.24) is 10.2 Å². The molecule has 0 unspecified atom stereocenters. The zero-order valence-electron chi connectivity index (χ0n) is 18.6. The van der Waals surface area contributed by atoms with Gasteiger partial charge in [-0.2, -0.15) is 0 Å². The van der Waals surface area contributed by atoms with Crippen LogP contribution < -0.4 is 5.32 Å². The fourth-order valence-corrected chi connectivity index (χ4v) is 6.62. The molecule has 2 atom stereocenters. The number of thioether (sulfide) groups is 1. The highest BCUT2D eigenvalue weighted by Gasteiger charge is 2.59. The second-order valence-corrected chi connectivity index (χ2v) is 11.6. The Morgan fingerprint density at radius 1 is 1.25 bits per heavy atom. The largest absolute Gasteiger partial charge is 0.392 e. The van der Waals surface area contributed by atoms with Crippen LogP contribution in [0.5, 0.6) is 0 Å². The predicted octanol–water partition coefficient (Wildman–Crippen LogP) is 4.58. The van der Waals surface area contributed by atoms with Gasteiger partial charge in [-0.25, -0.2) is 0 Å². The van der Waals surface area contributed by atoms with Gasteiger partial charge in [-0.05, 0) is 85.5 Å². The second-order valence-electron chi connectivity index (χ2n) is 9.04. The van der Waals surface area contributed by atoms with Crippen molar-refractivity contribution in [1.29, 1.82) is 0 Å².